The molecule has 31 heavy (non-hydrogen) atoms. The molecule has 1 N–H and O–H groups in total. The Morgan fingerprint density at radius 1 is 1.26 bits per heavy atom. The van der Waals surface area contributed by atoms with Crippen LogP contribution in [-0.2, 0) is 0 Å². The lowest BCUT2D eigenvalue weighted by Gasteiger charge is -2.19. The molecule has 1 aromatic carbocycles. The first-order valence-electron chi connectivity index (χ1n) is 11.1. The molecule has 4 bridgehead atoms. The summed E-state index contributed by atoms with van der Waals surface area (Å²) in [5.41, 5.74) is 3.18. The van der Waals surface area contributed by atoms with Gasteiger partial charge in [-0.15, -0.1) is 0 Å². The minimum Gasteiger partial charge on any atom is -0.494 e. The lowest BCUT2D eigenvalue weighted by Crippen LogP contribution is -2.25. The summed E-state index contributed by atoms with van der Waals surface area (Å²) in [6.07, 6.45) is 12.4. The van der Waals surface area contributed by atoms with Crippen LogP contribution in [0.15, 0.2) is 73.0 Å². The van der Waals surface area contributed by atoms with Gasteiger partial charge in [0, 0.05) is 30.9 Å². The molecule has 1 fully saturated rings. The van der Waals surface area contributed by atoms with Crippen LogP contribution in [0.2, 0.25) is 0 Å². The lowest BCUT2D eigenvalue weighted by atomic mass is 10.1. The van der Waals surface area contributed by atoms with E-state index in [1.54, 1.807) is 6.20 Å². The normalized spacial score (nSPS) is 26.4. The van der Waals surface area contributed by atoms with Crippen LogP contribution >= 0.6 is 0 Å². The second kappa shape index (κ2) is 9.92. The summed E-state index contributed by atoms with van der Waals surface area (Å²) >= 11 is 0. The van der Waals surface area contributed by atoms with Crippen LogP contribution in [0.4, 0.5) is 5.95 Å². The average molecular weight is 417 g/mol. The van der Waals surface area contributed by atoms with Crippen molar-refractivity contribution in [3.05, 3.63) is 73.0 Å². The molecule has 1 aliphatic carbocycles. The van der Waals surface area contributed by atoms with E-state index in [0.29, 0.717) is 5.95 Å². The predicted molar refractivity (Wildman–Crippen MR) is 127 cm³/mol. The zero-order valence-electron chi connectivity index (χ0n) is 18.5. The average Bonchev–Trinajstić information content (AvgIpc) is 3.49. The third-order valence-corrected chi connectivity index (χ3v) is 5.88. The molecule has 0 saturated heterocycles. The molecule has 1 saturated carbocycles. The van der Waals surface area contributed by atoms with E-state index in [1.165, 1.54) is 12.0 Å². The Bertz CT molecular complexity index is 967. The smallest absolute Gasteiger partial charge is 0.223 e. The molecule has 0 spiro atoms. The van der Waals surface area contributed by atoms with Gasteiger partial charge in [-0.1, -0.05) is 43.0 Å². The van der Waals surface area contributed by atoms with Crippen LogP contribution in [0.3, 0.4) is 0 Å². The number of nitrogens with one attached hydrogen (secondary N) is 1. The molecule has 1 aromatic heterocycles. The van der Waals surface area contributed by atoms with E-state index in [9.17, 15) is 0 Å². The molecular weight excluding hydrogens is 384 g/mol. The van der Waals surface area contributed by atoms with Gasteiger partial charge in [-0.2, -0.15) is 0 Å². The summed E-state index contributed by atoms with van der Waals surface area (Å²) < 4.78 is 6.07. The van der Waals surface area contributed by atoms with Gasteiger partial charge in [0.2, 0.25) is 5.95 Å². The van der Waals surface area contributed by atoms with Crippen molar-refractivity contribution >= 4 is 5.95 Å². The highest BCUT2D eigenvalue weighted by Gasteiger charge is 2.37. The van der Waals surface area contributed by atoms with E-state index in [4.69, 9.17) is 9.72 Å². The van der Waals surface area contributed by atoms with Crippen LogP contribution in [-0.4, -0.2) is 47.7 Å². The fraction of sp³-hybridized carbons (Fsp3) is 0.385. The van der Waals surface area contributed by atoms with E-state index >= 15 is 0 Å². The largest absolute Gasteiger partial charge is 0.494 e. The Labute approximate surface area is 185 Å². The van der Waals surface area contributed by atoms with Crippen LogP contribution < -0.4 is 10.1 Å². The van der Waals surface area contributed by atoms with Gasteiger partial charge in [0.25, 0.3) is 0 Å². The number of allylic oxidation sites excluding steroid dienone is 2. The maximum absolute atomic E-state index is 6.07. The maximum Gasteiger partial charge on any atom is 0.223 e. The van der Waals surface area contributed by atoms with Gasteiger partial charge in [0.15, 0.2) is 0 Å². The molecule has 3 atom stereocenters. The van der Waals surface area contributed by atoms with Crippen molar-refractivity contribution in [1.82, 2.24) is 14.9 Å². The molecule has 0 amide bonds. The van der Waals surface area contributed by atoms with Crippen LogP contribution in [0.5, 0.6) is 5.75 Å². The number of fused-ring (bicyclic) bond motifs is 6. The molecule has 2 aliphatic rings. The summed E-state index contributed by atoms with van der Waals surface area (Å²) in [7, 11) is 2.20. The Balaban J connectivity index is 1.61. The molecule has 1 aliphatic heterocycles. The highest BCUT2D eigenvalue weighted by Crippen LogP contribution is 2.41. The molecule has 4 rings (SSSR count). The standard InChI is InChI=1S/C26H32N4O/c1-4-5-7-20-14-19(2)28-26-27-12-10-25(29-26)22-8-6-9-24(16-22)31-13-11-21-15-23(21)18-30(3)17-20/h4-10,12,14,16,19,21,23H,1,11,13,15,17-18H2,2-3H3,(H,27,28,29)/b7-5-,20-14+/t19-,21?,23?/m0/s1. The quantitative estimate of drug-likeness (QED) is 0.701. The van der Waals surface area contributed by atoms with Crippen molar-refractivity contribution in [2.24, 2.45) is 11.8 Å². The van der Waals surface area contributed by atoms with E-state index in [2.05, 4.69) is 60.0 Å². The minimum absolute atomic E-state index is 0.0929. The predicted octanol–water partition coefficient (Wildman–Crippen LogP) is 4.96. The highest BCUT2D eigenvalue weighted by atomic mass is 16.5. The summed E-state index contributed by atoms with van der Waals surface area (Å²) in [4.78, 5) is 11.6. The molecule has 2 aromatic rings. The van der Waals surface area contributed by atoms with Gasteiger partial charge in [0.1, 0.15) is 5.75 Å². The lowest BCUT2D eigenvalue weighted by molar-refractivity contribution is 0.289. The summed E-state index contributed by atoms with van der Waals surface area (Å²) in [5, 5.41) is 3.42. The second-order valence-corrected chi connectivity index (χ2v) is 8.65. The number of aromatic nitrogens is 2. The van der Waals surface area contributed by atoms with Gasteiger partial charge in [-0.05, 0) is 62.4 Å². The number of anilines is 1. The van der Waals surface area contributed by atoms with Crippen LogP contribution in [0, 0.1) is 11.8 Å². The number of likely N-dealkylation sites (N-methyl/N-ethyl adjacent to an activating group) is 1. The van der Waals surface area contributed by atoms with E-state index < -0.39 is 0 Å². The molecule has 2 unspecified atom stereocenters. The van der Waals surface area contributed by atoms with E-state index in [-0.39, 0.29) is 6.04 Å². The van der Waals surface area contributed by atoms with Gasteiger partial charge >= 0.3 is 0 Å². The van der Waals surface area contributed by atoms with Crippen molar-refractivity contribution in [2.45, 2.75) is 25.8 Å². The van der Waals surface area contributed by atoms with Gasteiger partial charge in [0.05, 0.1) is 12.3 Å². The molecule has 2 heterocycles. The highest BCUT2D eigenvalue weighted by molar-refractivity contribution is 5.62. The molecule has 0 radical (unpaired) electrons. The maximum atomic E-state index is 6.07. The number of hydrogen-bond donors (Lipinski definition) is 1. The van der Waals surface area contributed by atoms with Crippen molar-refractivity contribution in [2.75, 3.05) is 32.1 Å². The zero-order valence-corrected chi connectivity index (χ0v) is 18.5. The molecule has 5 heteroatoms. The van der Waals surface area contributed by atoms with Crippen molar-refractivity contribution in [3.63, 3.8) is 0 Å². The monoisotopic (exact) mass is 416 g/mol. The Morgan fingerprint density at radius 2 is 2.16 bits per heavy atom. The zero-order chi connectivity index (χ0) is 21.6. The Kier molecular flexibility index (Phi) is 6.82. The third-order valence-electron chi connectivity index (χ3n) is 5.88. The number of nitrogens with zero attached hydrogens (tertiary/aromatic N) is 3. The first-order chi connectivity index (χ1) is 15.1. The molecule has 5 nitrogen and oxygen atoms in total. The van der Waals surface area contributed by atoms with Crippen LogP contribution in [0.25, 0.3) is 11.3 Å². The van der Waals surface area contributed by atoms with Crippen molar-refractivity contribution < 1.29 is 4.74 Å². The van der Waals surface area contributed by atoms with Crippen LogP contribution in [0.1, 0.15) is 19.8 Å². The first kappa shape index (κ1) is 21.3. The number of rotatable bonds is 2. The number of benzene rings is 1. The van der Waals surface area contributed by atoms with Crippen molar-refractivity contribution in [1.29, 1.82) is 0 Å². The first-order valence-corrected chi connectivity index (χ1v) is 11.1. The minimum atomic E-state index is 0.0929. The SMILES string of the molecule is C=C/C=C\C1=C/[C@H](C)Nc2nccc(n2)-c2cccc(c2)OCCC2CC2CN(C)C1. The van der Waals surface area contributed by atoms with Gasteiger partial charge < -0.3 is 15.0 Å². The summed E-state index contributed by atoms with van der Waals surface area (Å²) in [5.74, 6) is 3.06. The third kappa shape index (κ3) is 6.05. The van der Waals surface area contributed by atoms with Crippen molar-refractivity contribution in [3.8, 4) is 17.0 Å². The topological polar surface area (TPSA) is 50.3 Å². The van der Waals surface area contributed by atoms with E-state index in [1.807, 2.05) is 30.4 Å². The number of ether oxygens (including phenoxy) is 1. The number of hydrogen-bond acceptors (Lipinski definition) is 5. The second-order valence-electron chi connectivity index (χ2n) is 8.65. The van der Waals surface area contributed by atoms with Gasteiger partial charge in [-0.25, -0.2) is 9.97 Å². The fourth-order valence-electron chi connectivity index (χ4n) is 4.25. The van der Waals surface area contributed by atoms with Gasteiger partial charge in [-0.3, -0.25) is 0 Å². The fourth-order valence-corrected chi connectivity index (χ4v) is 4.25. The Morgan fingerprint density at radius 3 is 3.03 bits per heavy atom. The Hall–Kier alpha value is -2.92. The summed E-state index contributed by atoms with van der Waals surface area (Å²) in [6.45, 7) is 8.72. The molecular formula is C26H32N4O. The van der Waals surface area contributed by atoms with E-state index in [0.717, 1.165) is 55.0 Å². The summed E-state index contributed by atoms with van der Waals surface area (Å²) in [6, 6.07) is 10.2. The molecule has 162 valence electrons.